The van der Waals surface area contributed by atoms with E-state index in [4.69, 9.17) is 5.53 Å². The Kier molecular flexibility index (Phi) is 2.30. The Morgan fingerprint density at radius 3 is 2.50 bits per heavy atom. The van der Waals surface area contributed by atoms with E-state index in [1.165, 1.54) is 6.26 Å². The van der Waals surface area contributed by atoms with Crippen molar-refractivity contribution in [3.63, 3.8) is 0 Å². The lowest BCUT2D eigenvalue weighted by molar-refractivity contribution is 0.550. The third-order valence-electron chi connectivity index (χ3n) is 1.99. The summed E-state index contributed by atoms with van der Waals surface area (Å²) >= 11 is 0. The van der Waals surface area contributed by atoms with Crippen LogP contribution in [0.25, 0.3) is 10.4 Å². The molecule has 0 aromatic rings. The Morgan fingerprint density at radius 1 is 1.58 bits per heavy atom. The third-order valence-corrected chi connectivity index (χ3v) is 3.13. The zero-order valence-corrected chi connectivity index (χ0v) is 7.71. The summed E-state index contributed by atoms with van der Waals surface area (Å²) < 4.78 is 21.8. The number of rotatable bonds is 4. The van der Waals surface area contributed by atoms with Crippen molar-refractivity contribution in [2.75, 3.05) is 18.6 Å². The summed E-state index contributed by atoms with van der Waals surface area (Å²) in [5.41, 5.74) is 7.84. The first-order valence-corrected chi connectivity index (χ1v) is 5.72. The first-order chi connectivity index (χ1) is 5.47. The predicted octanol–water partition coefficient (Wildman–Crippen LogP) is 1.12. The van der Waals surface area contributed by atoms with E-state index in [9.17, 15) is 8.42 Å². The summed E-state index contributed by atoms with van der Waals surface area (Å²) in [4.78, 5) is 2.62. The zero-order valence-electron chi connectivity index (χ0n) is 6.89. The molecule has 0 heterocycles. The summed E-state index contributed by atoms with van der Waals surface area (Å²) in [5, 5.41) is 3.41. The lowest BCUT2D eigenvalue weighted by atomic mass is 10.1. The summed E-state index contributed by atoms with van der Waals surface area (Å²) in [7, 11) is -2.93. The monoisotopic (exact) mass is 189 g/mol. The van der Waals surface area contributed by atoms with E-state index in [1.807, 2.05) is 0 Å². The van der Waals surface area contributed by atoms with E-state index in [-0.39, 0.29) is 11.2 Å². The Labute approximate surface area is 71.3 Å². The van der Waals surface area contributed by atoms with Gasteiger partial charge in [0.25, 0.3) is 0 Å². The van der Waals surface area contributed by atoms with E-state index < -0.39 is 9.84 Å². The molecular formula is C6H11N3O2S. The van der Waals surface area contributed by atoms with E-state index in [2.05, 4.69) is 10.0 Å². The second-order valence-electron chi connectivity index (χ2n) is 3.46. The van der Waals surface area contributed by atoms with Gasteiger partial charge in [0.2, 0.25) is 0 Å². The zero-order chi connectivity index (χ0) is 9.24. The molecule has 0 saturated heterocycles. The molecule has 0 radical (unpaired) electrons. The van der Waals surface area contributed by atoms with E-state index in [0.717, 1.165) is 12.8 Å². The molecule has 1 aliphatic rings. The molecular weight excluding hydrogens is 178 g/mol. The summed E-state index contributed by atoms with van der Waals surface area (Å²) in [6.45, 7) is 0.316. The van der Waals surface area contributed by atoms with Crippen molar-refractivity contribution < 1.29 is 8.42 Å². The van der Waals surface area contributed by atoms with Crippen LogP contribution in [-0.4, -0.2) is 27.0 Å². The molecule has 1 aliphatic carbocycles. The molecule has 6 heteroatoms. The maximum Gasteiger partial charge on any atom is 0.148 e. The van der Waals surface area contributed by atoms with E-state index in [0.29, 0.717) is 6.54 Å². The number of hydrogen-bond acceptors (Lipinski definition) is 3. The van der Waals surface area contributed by atoms with Gasteiger partial charge in [0.15, 0.2) is 0 Å². The molecule has 12 heavy (non-hydrogen) atoms. The fourth-order valence-electron chi connectivity index (χ4n) is 1.26. The van der Waals surface area contributed by atoms with Gasteiger partial charge in [-0.05, 0) is 23.8 Å². The Morgan fingerprint density at radius 2 is 2.17 bits per heavy atom. The molecule has 0 amide bonds. The van der Waals surface area contributed by atoms with Gasteiger partial charge in [-0.3, -0.25) is 0 Å². The lowest BCUT2D eigenvalue weighted by Crippen LogP contribution is -2.18. The fraction of sp³-hybridized carbons (Fsp3) is 1.00. The Hall–Kier alpha value is -0.740. The molecule has 0 aromatic heterocycles. The first-order valence-electron chi connectivity index (χ1n) is 3.66. The van der Waals surface area contributed by atoms with Crippen molar-refractivity contribution in [3.8, 4) is 0 Å². The molecule has 5 nitrogen and oxygen atoms in total. The van der Waals surface area contributed by atoms with Gasteiger partial charge < -0.3 is 0 Å². The van der Waals surface area contributed by atoms with Gasteiger partial charge in [0.05, 0.1) is 5.75 Å². The average Bonchev–Trinajstić information content (AvgIpc) is 2.62. The van der Waals surface area contributed by atoms with Crippen LogP contribution in [0, 0.1) is 5.41 Å². The molecule has 0 aromatic carbocycles. The highest BCUT2D eigenvalue weighted by Gasteiger charge is 2.44. The number of sulfone groups is 1. The molecule has 0 spiro atoms. The van der Waals surface area contributed by atoms with Crippen molar-refractivity contribution in [2.24, 2.45) is 10.5 Å². The molecule has 1 saturated carbocycles. The second kappa shape index (κ2) is 2.95. The molecule has 0 N–H and O–H groups in total. The van der Waals surface area contributed by atoms with Crippen LogP contribution >= 0.6 is 0 Å². The SMILES string of the molecule is CS(=O)(=O)CC1(CN=[N+]=[N-])CC1. The van der Waals surface area contributed by atoms with Gasteiger partial charge in [-0.25, -0.2) is 8.42 Å². The van der Waals surface area contributed by atoms with Crippen LogP contribution < -0.4 is 0 Å². The van der Waals surface area contributed by atoms with Gasteiger partial charge >= 0.3 is 0 Å². The molecule has 0 aliphatic heterocycles. The standard InChI is InChI=1S/C6H11N3O2S/c1-12(10,11)5-6(2-3-6)4-8-9-7/h2-5H2,1H3. The van der Waals surface area contributed by atoms with Gasteiger partial charge in [-0.15, -0.1) is 0 Å². The normalized spacial score (nSPS) is 19.8. The van der Waals surface area contributed by atoms with Gasteiger partial charge in [-0.1, -0.05) is 5.11 Å². The van der Waals surface area contributed by atoms with Gasteiger partial charge in [0.1, 0.15) is 9.84 Å². The van der Waals surface area contributed by atoms with Crippen molar-refractivity contribution in [1.29, 1.82) is 0 Å². The van der Waals surface area contributed by atoms with Crippen molar-refractivity contribution in [1.82, 2.24) is 0 Å². The minimum atomic E-state index is -2.93. The van der Waals surface area contributed by atoms with Crippen LogP contribution in [0.15, 0.2) is 5.11 Å². The molecule has 1 rings (SSSR count). The molecule has 68 valence electrons. The van der Waals surface area contributed by atoms with Gasteiger partial charge in [0, 0.05) is 17.7 Å². The van der Waals surface area contributed by atoms with Gasteiger partial charge in [-0.2, -0.15) is 0 Å². The highest BCUT2D eigenvalue weighted by Crippen LogP contribution is 2.46. The number of hydrogen-bond donors (Lipinski definition) is 0. The van der Waals surface area contributed by atoms with Crippen LogP contribution in [0.4, 0.5) is 0 Å². The summed E-state index contributed by atoms with van der Waals surface area (Å²) in [5.74, 6) is 0.152. The highest BCUT2D eigenvalue weighted by atomic mass is 32.2. The minimum Gasteiger partial charge on any atom is -0.229 e. The largest absolute Gasteiger partial charge is 0.229 e. The van der Waals surface area contributed by atoms with Crippen molar-refractivity contribution in [2.45, 2.75) is 12.8 Å². The summed E-state index contributed by atoms with van der Waals surface area (Å²) in [6.07, 6.45) is 2.93. The Bertz CT molecular complexity index is 312. The maximum atomic E-state index is 10.9. The Balaban J connectivity index is 2.56. The van der Waals surface area contributed by atoms with E-state index >= 15 is 0 Å². The average molecular weight is 189 g/mol. The quantitative estimate of drug-likeness (QED) is 0.377. The molecule has 0 bridgehead atoms. The van der Waals surface area contributed by atoms with Crippen LogP contribution in [-0.2, 0) is 9.84 Å². The maximum absolute atomic E-state index is 10.9. The van der Waals surface area contributed by atoms with E-state index in [1.54, 1.807) is 0 Å². The van der Waals surface area contributed by atoms with Crippen LogP contribution in [0.1, 0.15) is 12.8 Å². The minimum absolute atomic E-state index is 0.152. The third kappa shape index (κ3) is 2.71. The van der Waals surface area contributed by atoms with Crippen molar-refractivity contribution >= 4 is 9.84 Å². The smallest absolute Gasteiger partial charge is 0.148 e. The van der Waals surface area contributed by atoms with Crippen molar-refractivity contribution in [3.05, 3.63) is 10.4 Å². The second-order valence-corrected chi connectivity index (χ2v) is 5.60. The molecule has 1 fully saturated rings. The first kappa shape index (κ1) is 9.35. The van der Waals surface area contributed by atoms with Crippen LogP contribution in [0.5, 0.6) is 0 Å². The lowest BCUT2D eigenvalue weighted by Gasteiger charge is -2.08. The van der Waals surface area contributed by atoms with Crippen LogP contribution in [0.3, 0.4) is 0 Å². The highest BCUT2D eigenvalue weighted by molar-refractivity contribution is 7.90. The molecule has 0 unspecified atom stereocenters. The van der Waals surface area contributed by atoms with Crippen LogP contribution in [0.2, 0.25) is 0 Å². The predicted molar refractivity (Wildman–Crippen MR) is 45.4 cm³/mol. The summed E-state index contributed by atoms with van der Waals surface area (Å²) in [6, 6.07) is 0. The topological polar surface area (TPSA) is 82.9 Å². The number of nitrogens with zero attached hydrogens (tertiary/aromatic N) is 3. The number of azide groups is 1. The molecule has 0 atom stereocenters. The fourth-order valence-corrected chi connectivity index (χ4v) is 2.76.